The van der Waals surface area contributed by atoms with Crippen LogP contribution >= 0.6 is 0 Å². The molecule has 2 aromatic carbocycles. The van der Waals surface area contributed by atoms with Crippen molar-refractivity contribution in [1.82, 2.24) is 5.32 Å². The SMILES string of the molecule is CCNCc1ccc(COc2ccccc2C(C)C)cc1. The fraction of sp³-hybridized carbons (Fsp3) is 0.368. The van der Waals surface area contributed by atoms with Gasteiger partial charge in [0.25, 0.3) is 0 Å². The number of benzene rings is 2. The molecule has 0 amide bonds. The second kappa shape index (κ2) is 7.84. The van der Waals surface area contributed by atoms with Gasteiger partial charge in [0.1, 0.15) is 12.4 Å². The Balaban J connectivity index is 1.97. The first kappa shape index (κ1) is 15.6. The van der Waals surface area contributed by atoms with E-state index >= 15 is 0 Å². The number of hydrogen-bond donors (Lipinski definition) is 1. The van der Waals surface area contributed by atoms with E-state index in [1.54, 1.807) is 0 Å². The van der Waals surface area contributed by atoms with Gasteiger partial charge in [0.2, 0.25) is 0 Å². The largest absolute Gasteiger partial charge is 0.489 e. The Hall–Kier alpha value is -1.80. The molecule has 0 spiro atoms. The summed E-state index contributed by atoms with van der Waals surface area (Å²) in [5.41, 5.74) is 3.78. The lowest BCUT2D eigenvalue weighted by atomic mass is 10.0. The Kier molecular flexibility index (Phi) is 5.82. The topological polar surface area (TPSA) is 21.3 Å². The van der Waals surface area contributed by atoms with E-state index in [1.165, 1.54) is 16.7 Å². The molecule has 0 saturated carbocycles. The number of para-hydroxylation sites is 1. The molecule has 1 N–H and O–H groups in total. The second-order valence-electron chi connectivity index (χ2n) is 5.58. The van der Waals surface area contributed by atoms with Gasteiger partial charge in [0.05, 0.1) is 0 Å². The van der Waals surface area contributed by atoms with Gasteiger partial charge in [-0.2, -0.15) is 0 Å². The molecule has 0 aliphatic rings. The normalized spacial score (nSPS) is 10.9. The van der Waals surface area contributed by atoms with Crippen molar-refractivity contribution in [3.63, 3.8) is 0 Å². The Morgan fingerprint density at radius 3 is 2.29 bits per heavy atom. The van der Waals surface area contributed by atoms with E-state index in [0.29, 0.717) is 12.5 Å². The molecule has 0 saturated heterocycles. The molecule has 0 radical (unpaired) electrons. The summed E-state index contributed by atoms with van der Waals surface area (Å²) >= 11 is 0. The van der Waals surface area contributed by atoms with E-state index in [9.17, 15) is 0 Å². The van der Waals surface area contributed by atoms with Gasteiger partial charge < -0.3 is 10.1 Å². The van der Waals surface area contributed by atoms with Crippen molar-refractivity contribution >= 4 is 0 Å². The minimum absolute atomic E-state index is 0.476. The molecule has 0 aromatic heterocycles. The van der Waals surface area contributed by atoms with Crippen molar-refractivity contribution in [2.24, 2.45) is 0 Å². The standard InChI is InChI=1S/C19H25NO/c1-4-20-13-16-9-11-17(12-10-16)14-21-19-8-6-5-7-18(19)15(2)3/h5-12,15,20H,4,13-14H2,1-3H3. The van der Waals surface area contributed by atoms with Crippen LogP contribution in [0.3, 0.4) is 0 Å². The molecular formula is C19H25NO. The number of rotatable bonds is 7. The Bertz CT molecular complexity index is 546. The molecule has 0 fully saturated rings. The molecule has 112 valence electrons. The molecule has 0 atom stereocenters. The summed E-state index contributed by atoms with van der Waals surface area (Å²) in [4.78, 5) is 0. The van der Waals surface area contributed by atoms with Crippen molar-refractivity contribution in [3.05, 3.63) is 65.2 Å². The third kappa shape index (κ3) is 4.61. The Labute approximate surface area is 128 Å². The molecule has 0 aliphatic carbocycles. The first-order valence-electron chi connectivity index (χ1n) is 7.71. The van der Waals surface area contributed by atoms with Crippen LogP contribution in [-0.2, 0) is 13.2 Å². The molecule has 0 bridgehead atoms. The van der Waals surface area contributed by atoms with Crippen LogP contribution in [0.5, 0.6) is 5.75 Å². The zero-order valence-electron chi connectivity index (χ0n) is 13.2. The molecule has 2 heteroatoms. The zero-order valence-corrected chi connectivity index (χ0v) is 13.2. The average molecular weight is 283 g/mol. The molecule has 0 unspecified atom stereocenters. The highest BCUT2D eigenvalue weighted by atomic mass is 16.5. The van der Waals surface area contributed by atoms with Crippen molar-refractivity contribution in [1.29, 1.82) is 0 Å². The fourth-order valence-corrected chi connectivity index (χ4v) is 2.27. The van der Waals surface area contributed by atoms with Gasteiger partial charge in [0.15, 0.2) is 0 Å². The zero-order chi connectivity index (χ0) is 15.1. The van der Waals surface area contributed by atoms with Crippen molar-refractivity contribution < 1.29 is 4.74 Å². The summed E-state index contributed by atoms with van der Waals surface area (Å²) in [6.45, 7) is 9.04. The number of ether oxygens (including phenoxy) is 1. The van der Waals surface area contributed by atoms with Crippen LogP contribution in [-0.4, -0.2) is 6.54 Å². The Morgan fingerprint density at radius 2 is 1.62 bits per heavy atom. The van der Waals surface area contributed by atoms with Gasteiger partial charge in [0, 0.05) is 6.54 Å². The van der Waals surface area contributed by atoms with Crippen LogP contribution in [0.15, 0.2) is 48.5 Å². The lowest BCUT2D eigenvalue weighted by Crippen LogP contribution is -2.11. The smallest absolute Gasteiger partial charge is 0.123 e. The third-order valence-corrected chi connectivity index (χ3v) is 3.54. The Morgan fingerprint density at radius 1 is 0.952 bits per heavy atom. The van der Waals surface area contributed by atoms with Crippen LogP contribution in [0, 0.1) is 0 Å². The van der Waals surface area contributed by atoms with E-state index in [-0.39, 0.29) is 0 Å². The highest BCUT2D eigenvalue weighted by Gasteiger charge is 2.06. The first-order valence-corrected chi connectivity index (χ1v) is 7.71. The summed E-state index contributed by atoms with van der Waals surface area (Å²) in [5.74, 6) is 1.47. The van der Waals surface area contributed by atoms with Crippen molar-refractivity contribution in [2.45, 2.75) is 39.8 Å². The van der Waals surface area contributed by atoms with Crippen LogP contribution in [0.1, 0.15) is 43.4 Å². The second-order valence-corrected chi connectivity index (χ2v) is 5.58. The van der Waals surface area contributed by atoms with Gasteiger partial charge in [-0.1, -0.05) is 63.2 Å². The van der Waals surface area contributed by atoms with Gasteiger partial charge in [-0.05, 0) is 35.2 Å². The van der Waals surface area contributed by atoms with Gasteiger partial charge in [-0.25, -0.2) is 0 Å². The molecule has 0 heterocycles. The van der Waals surface area contributed by atoms with Gasteiger partial charge >= 0.3 is 0 Å². The predicted molar refractivity (Wildman–Crippen MR) is 88.7 cm³/mol. The molecule has 2 rings (SSSR count). The minimum Gasteiger partial charge on any atom is -0.489 e. The summed E-state index contributed by atoms with van der Waals surface area (Å²) in [5, 5.41) is 3.33. The number of nitrogens with one attached hydrogen (secondary N) is 1. The third-order valence-electron chi connectivity index (χ3n) is 3.54. The lowest BCUT2D eigenvalue weighted by Gasteiger charge is -2.14. The summed E-state index contributed by atoms with van der Waals surface area (Å²) in [6, 6.07) is 16.9. The predicted octanol–water partition coefficient (Wildman–Crippen LogP) is 4.50. The monoisotopic (exact) mass is 283 g/mol. The van der Waals surface area contributed by atoms with Crippen LogP contribution < -0.4 is 10.1 Å². The summed E-state index contributed by atoms with van der Waals surface area (Å²) in [6.07, 6.45) is 0. The van der Waals surface area contributed by atoms with Crippen LogP contribution in [0.4, 0.5) is 0 Å². The lowest BCUT2D eigenvalue weighted by molar-refractivity contribution is 0.302. The van der Waals surface area contributed by atoms with Gasteiger partial charge in [-0.3, -0.25) is 0 Å². The van der Waals surface area contributed by atoms with E-state index in [0.717, 1.165) is 18.8 Å². The van der Waals surface area contributed by atoms with Crippen LogP contribution in [0.25, 0.3) is 0 Å². The molecule has 2 nitrogen and oxygen atoms in total. The van der Waals surface area contributed by atoms with Crippen molar-refractivity contribution in [2.75, 3.05) is 6.54 Å². The maximum absolute atomic E-state index is 5.99. The van der Waals surface area contributed by atoms with E-state index < -0.39 is 0 Å². The number of hydrogen-bond acceptors (Lipinski definition) is 2. The highest BCUT2D eigenvalue weighted by molar-refractivity contribution is 5.36. The first-order chi connectivity index (χ1) is 10.2. The maximum atomic E-state index is 5.99. The summed E-state index contributed by atoms with van der Waals surface area (Å²) in [7, 11) is 0. The average Bonchev–Trinajstić information content (AvgIpc) is 2.52. The highest BCUT2D eigenvalue weighted by Crippen LogP contribution is 2.26. The fourth-order valence-electron chi connectivity index (χ4n) is 2.27. The molecular weight excluding hydrogens is 258 g/mol. The summed E-state index contributed by atoms with van der Waals surface area (Å²) < 4.78 is 5.99. The van der Waals surface area contributed by atoms with E-state index in [4.69, 9.17) is 4.74 Å². The van der Waals surface area contributed by atoms with Gasteiger partial charge in [-0.15, -0.1) is 0 Å². The molecule has 0 aliphatic heterocycles. The van der Waals surface area contributed by atoms with Crippen molar-refractivity contribution in [3.8, 4) is 5.75 Å². The molecule has 21 heavy (non-hydrogen) atoms. The van der Waals surface area contributed by atoms with E-state index in [1.807, 2.05) is 6.07 Å². The van der Waals surface area contributed by atoms with E-state index in [2.05, 4.69) is 68.6 Å². The van der Waals surface area contributed by atoms with Crippen LogP contribution in [0.2, 0.25) is 0 Å². The maximum Gasteiger partial charge on any atom is 0.123 e. The molecule has 2 aromatic rings. The quantitative estimate of drug-likeness (QED) is 0.808. The minimum atomic E-state index is 0.476.